The highest BCUT2D eigenvalue weighted by molar-refractivity contribution is 6.21. The lowest BCUT2D eigenvalue weighted by Gasteiger charge is -2.18. The van der Waals surface area contributed by atoms with Crippen LogP contribution in [0.25, 0.3) is 93.5 Å². The van der Waals surface area contributed by atoms with Gasteiger partial charge in [-0.1, -0.05) is 158 Å². The third-order valence-electron chi connectivity index (χ3n) is 10.6. The quantitative estimate of drug-likeness (QED) is 0.167. The molecule has 9 aromatic carbocycles. The summed E-state index contributed by atoms with van der Waals surface area (Å²) in [5, 5.41) is 17.7. The topological polar surface area (TPSA) is 28.7 Å². The summed E-state index contributed by atoms with van der Waals surface area (Å²) in [5.74, 6) is 0. The van der Waals surface area contributed by atoms with E-state index in [-0.39, 0.29) is 0 Å². The summed E-state index contributed by atoms with van der Waals surface area (Å²) in [6, 6.07) is 71.4. The summed E-state index contributed by atoms with van der Waals surface area (Å²) in [5.41, 5.74) is 12.9. The van der Waals surface area contributed by atoms with Gasteiger partial charge in [-0.05, 0) is 91.3 Å². The average Bonchev–Trinajstić information content (AvgIpc) is 3.57. The third kappa shape index (κ3) is 4.94. The van der Waals surface area contributed by atoms with Crippen molar-refractivity contribution in [2.45, 2.75) is 0 Å². The van der Waals surface area contributed by atoms with E-state index in [4.69, 9.17) is 0 Å². The van der Waals surface area contributed by atoms with Crippen molar-refractivity contribution in [3.8, 4) is 56.3 Å². The molecule has 1 heterocycles. The molecule has 0 fully saturated rings. The van der Waals surface area contributed by atoms with E-state index in [1.807, 2.05) is 6.07 Å². The van der Waals surface area contributed by atoms with Crippen LogP contribution in [0.3, 0.4) is 0 Å². The molecule has 0 atom stereocenters. The Labute approximate surface area is 308 Å². The fraction of sp³-hybridized carbons (Fsp3) is 0. The van der Waals surface area contributed by atoms with Crippen LogP contribution in [0.4, 0.5) is 0 Å². The lowest BCUT2D eigenvalue weighted by molar-refractivity contribution is 1.18. The molecule has 0 unspecified atom stereocenters. The maximum Gasteiger partial charge on any atom is 0.0998 e. The van der Waals surface area contributed by atoms with Crippen LogP contribution in [0.15, 0.2) is 194 Å². The zero-order valence-electron chi connectivity index (χ0n) is 28.9. The van der Waals surface area contributed by atoms with Gasteiger partial charge in [0, 0.05) is 21.9 Å². The first-order valence-electron chi connectivity index (χ1n) is 18.0. The average molecular weight is 673 g/mol. The van der Waals surface area contributed by atoms with E-state index >= 15 is 0 Å². The Balaban J connectivity index is 1.17. The molecule has 0 aliphatic rings. The van der Waals surface area contributed by atoms with Crippen molar-refractivity contribution in [1.82, 2.24) is 4.57 Å². The van der Waals surface area contributed by atoms with Crippen LogP contribution in [-0.2, 0) is 0 Å². The van der Waals surface area contributed by atoms with E-state index in [1.165, 1.54) is 60.0 Å². The number of hydrogen-bond donors (Lipinski definition) is 0. The molecule has 10 rings (SSSR count). The standard InChI is InChI=1S/C51H32N2/c52-33-38-30-29-36(39-19-8-11-26-47(39)53-48-27-12-9-20-40(48)41-21-10-13-28-49(41)53)32-46(38)35-17-14-18-37(31-35)51-44-24-6-4-22-42(44)50(34-15-2-1-3-16-34)43-23-5-7-25-45(43)51/h1-32H. The number of aromatic nitrogens is 1. The minimum absolute atomic E-state index is 0.648. The first-order chi connectivity index (χ1) is 26.3. The molecule has 0 aliphatic carbocycles. The highest BCUT2D eigenvalue weighted by Gasteiger charge is 2.19. The fourth-order valence-corrected chi connectivity index (χ4v) is 8.34. The summed E-state index contributed by atoms with van der Waals surface area (Å²) < 4.78 is 2.37. The number of benzene rings is 9. The minimum Gasteiger partial charge on any atom is -0.309 e. The summed E-state index contributed by atoms with van der Waals surface area (Å²) in [6.45, 7) is 0. The molecule has 10 aromatic rings. The number of fused-ring (bicyclic) bond motifs is 5. The predicted octanol–water partition coefficient (Wildman–Crippen LogP) is 13.6. The molecule has 0 bridgehead atoms. The second-order valence-electron chi connectivity index (χ2n) is 13.5. The van der Waals surface area contributed by atoms with Gasteiger partial charge in [-0.15, -0.1) is 0 Å². The minimum atomic E-state index is 0.648. The molecule has 0 amide bonds. The van der Waals surface area contributed by atoms with Crippen LogP contribution in [0, 0.1) is 11.3 Å². The predicted molar refractivity (Wildman–Crippen MR) is 222 cm³/mol. The SMILES string of the molecule is N#Cc1ccc(-c2ccccc2-n2c3ccccc3c3ccccc32)cc1-c1cccc(-c2c3ccccc3c(-c3ccccc3)c3ccccc23)c1. The highest BCUT2D eigenvalue weighted by Crippen LogP contribution is 2.45. The normalized spacial score (nSPS) is 11.4. The van der Waals surface area contributed by atoms with Crippen molar-refractivity contribution >= 4 is 43.4 Å². The van der Waals surface area contributed by atoms with Crippen molar-refractivity contribution < 1.29 is 0 Å². The lowest BCUT2D eigenvalue weighted by Crippen LogP contribution is -1.97. The molecule has 2 heteroatoms. The molecule has 0 saturated heterocycles. The van der Waals surface area contributed by atoms with Crippen LogP contribution < -0.4 is 0 Å². The number of rotatable bonds is 5. The Bertz CT molecular complexity index is 2960. The largest absolute Gasteiger partial charge is 0.309 e. The van der Waals surface area contributed by atoms with Crippen molar-refractivity contribution in [1.29, 1.82) is 5.26 Å². The highest BCUT2D eigenvalue weighted by atomic mass is 15.0. The van der Waals surface area contributed by atoms with E-state index in [1.54, 1.807) is 0 Å². The Morgan fingerprint density at radius 2 is 0.811 bits per heavy atom. The maximum atomic E-state index is 10.4. The van der Waals surface area contributed by atoms with E-state index < -0.39 is 0 Å². The molecule has 0 saturated carbocycles. The van der Waals surface area contributed by atoms with Gasteiger partial charge in [0.15, 0.2) is 0 Å². The monoisotopic (exact) mass is 672 g/mol. The molecule has 53 heavy (non-hydrogen) atoms. The molecule has 0 aliphatic heterocycles. The van der Waals surface area contributed by atoms with Crippen LogP contribution in [0.2, 0.25) is 0 Å². The lowest BCUT2D eigenvalue weighted by atomic mass is 9.85. The summed E-state index contributed by atoms with van der Waals surface area (Å²) in [6.07, 6.45) is 0. The summed E-state index contributed by atoms with van der Waals surface area (Å²) in [4.78, 5) is 0. The number of hydrogen-bond acceptors (Lipinski definition) is 1. The molecule has 0 radical (unpaired) electrons. The molecule has 0 spiro atoms. The Morgan fingerprint density at radius 3 is 1.43 bits per heavy atom. The molecule has 246 valence electrons. The van der Waals surface area contributed by atoms with Gasteiger partial charge < -0.3 is 4.57 Å². The molecule has 2 nitrogen and oxygen atoms in total. The number of nitriles is 1. The first kappa shape index (κ1) is 30.6. The van der Waals surface area contributed by atoms with Crippen LogP contribution in [0.5, 0.6) is 0 Å². The Morgan fingerprint density at radius 1 is 0.340 bits per heavy atom. The number of nitrogens with zero attached hydrogens (tertiary/aromatic N) is 2. The van der Waals surface area contributed by atoms with Gasteiger partial charge in [-0.25, -0.2) is 0 Å². The van der Waals surface area contributed by atoms with Gasteiger partial charge in [0.25, 0.3) is 0 Å². The maximum absolute atomic E-state index is 10.4. The fourth-order valence-electron chi connectivity index (χ4n) is 8.34. The van der Waals surface area contributed by atoms with E-state index in [2.05, 4.69) is 199 Å². The first-order valence-corrected chi connectivity index (χ1v) is 18.0. The van der Waals surface area contributed by atoms with Gasteiger partial charge in [0.1, 0.15) is 0 Å². The van der Waals surface area contributed by atoms with Crippen LogP contribution in [0.1, 0.15) is 5.56 Å². The van der Waals surface area contributed by atoms with E-state index in [9.17, 15) is 5.26 Å². The van der Waals surface area contributed by atoms with Gasteiger partial charge in [-0.2, -0.15) is 5.26 Å². The summed E-state index contributed by atoms with van der Waals surface area (Å²) in [7, 11) is 0. The van der Waals surface area contributed by atoms with Crippen molar-refractivity contribution in [2.24, 2.45) is 0 Å². The van der Waals surface area contributed by atoms with Crippen molar-refractivity contribution in [2.75, 3.05) is 0 Å². The van der Waals surface area contributed by atoms with Gasteiger partial charge >= 0.3 is 0 Å². The molecule has 0 N–H and O–H groups in total. The van der Waals surface area contributed by atoms with Gasteiger partial charge in [-0.3, -0.25) is 0 Å². The smallest absolute Gasteiger partial charge is 0.0998 e. The van der Waals surface area contributed by atoms with Gasteiger partial charge in [0.05, 0.1) is 28.4 Å². The second-order valence-corrected chi connectivity index (χ2v) is 13.5. The Kier molecular flexibility index (Phi) is 7.23. The van der Waals surface area contributed by atoms with Crippen LogP contribution >= 0.6 is 0 Å². The second kappa shape index (κ2) is 12.5. The van der Waals surface area contributed by atoms with Crippen molar-refractivity contribution in [3.05, 3.63) is 200 Å². The zero-order chi connectivity index (χ0) is 35.3. The van der Waals surface area contributed by atoms with Gasteiger partial charge in [0.2, 0.25) is 0 Å². The number of para-hydroxylation sites is 3. The Hall–Kier alpha value is -7.21. The van der Waals surface area contributed by atoms with E-state index in [0.717, 1.165) is 33.5 Å². The van der Waals surface area contributed by atoms with Crippen LogP contribution in [-0.4, -0.2) is 4.57 Å². The van der Waals surface area contributed by atoms with Crippen molar-refractivity contribution in [3.63, 3.8) is 0 Å². The molecular weight excluding hydrogens is 641 g/mol. The third-order valence-corrected chi connectivity index (χ3v) is 10.6. The molecule has 1 aromatic heterocycles. The molecular formula is C51H32N2. The van der Waals surface area contributed by atoms with E-state index in [0.29, 0.717) is 5.56 Å². The summed E-state index contributed by atoms with van der Waals surface area (Å²) >= 11 is 0. The zero-order valence-corrected chi connectivity index (χ0v) is 28.9.